The minimum atomic E-state index is 0.00442. The second-order valence-electron chi connectivity index (χ2n) is 12.6. The molecule has 0 spiro atoms. The van der Waals surface area contributed by atoms with Gasteiger partial charge >= 0.3 is 0 Å². The summed E-state index contributed by atoms with van der Waals surface area (Å²) in [6.07, 6.45) is 13.7. The SMILES string of the molecule is C=Cc1c(C)c2[nH]c1=Cc1[nH]c(c(CCC(C)=O)c1C)C=c1[nH]c(c(C)c1CCC(C)=O)=Cc1[nH]c(c(C3CCN=N3)c1C)C=2. The van der Waals surface area contributed by atoms with Gasteiger partial charge in [0.05, 0.1) is 12.6 Å². The molecule has 0 saturated heterocycles. The van der Waals surface area contributed by atoms with Crippen molar-refractivity contribution in [3.8, 4) is 0 Å². The molecule has 8 nitrogen and oxygen atoms in total. The zero-order valence-corrected chi connectivity index (χ0v) is 27.1. The third-order valence-corrected chi connectivity index (χ3v) is 9.51. The number of hydrogen-bond acceptors (Lipinski definition) is 4. The first-order chi connectivity index (χ1) is 21.5. The van der Waals surface area contributed by atoms with Crippen molar-refractivity contribution in [1.29, 1.82) is 0 Å². The predicted octanol–water partition coefficient (Wildman–Crippen LogP) is 4.44. The summed E-state index contributed by atoms with van der Waals surface area (Å²) in [6.45, 7) is 16.7. The molecule has 0 aliphatic carbocycles. The van der Waals surface area contributed by atoms with E-state index < -0.39 is 0 Å². The standard InChI is InChI=1S/C37H42N6O2/c1-8-25-21(4)31-17-36-37(28-13-14-38-43-28)24(7)32(42-36)15-29-22(5)26(11-9-19(2)44)34(40-29)18-35-27(12-10-20(3)45)23(6)30(41-35)16-33(25)39-31/h8,15-18,28,39-42H,1,9-14H2,2-7H3. The summed E-state index contributed by atoms with van der Waals surface area (Å²) < 4.78 is 0. The third kappa shape index (κ3) is 5.65. The summed E-state index contributed by atoms with van der Waals surface area (Å²) in [6, 6.07) is 0.00442. The third-order valence-electron chi connectivity index (χ3n) is 9.51. The molecule has 45 heavy (non-hydrogen) atoms. The molecule has 1 atom stereocenters. The van der Waals surface area contributed by atoms with Gasteiger partial charge in [-0.2, -0.15) is 10.2 Å². The van der Waals surface area contributed by atoms with Gasteiger partial charge in [-0.1, -0.05) is 12.7 Å². The van der Waals surface area contributed by atoms with Crippen molar-refractivity contribution in [2.75, 3.05) is 6.54 Å². The molecule has 4 aromatic heterocycles. The quantitative estimate of drug-likeness (QED) is 0.210. The van der Waals surface area contributed by atoms with Gasteiger partial charge in [0.15, 0.2) is 0 Å². The number of nitrogens with zero attached hydrogens (tertiary/aromatic N) is 2. The van der Waals surface area contributed by atoms with Crippen LogP contribution < -0.4 is 21.4 Å². The van der Waals surface area contributed by atoms with Crippen LogP contribution in [0.2, 0.25) is 0 Å². The Morgan fingerprint density at radius 2 is 1.31 bits per heavy atom. The zero-order chi connectivity index (χ0) is 32.0. The average Bonchev–Trinajstić information content (AvgIpc) is 3.78. The van der Waals surface area contributed by atoms with E-state index >= 15 is 0 Å². The number of aromatic amines is 4. The van der Waals surface area contributed by atoms with Crippen molar-refractivity contribution in [3.05, 3.63) is 95.3 Å². The van der Waals surface area contributed by atoms with Crippen LogP contribution >= 0.6 is 0 Å². The maximum atomic E-state index is 12.1. The molecule has 0 radical (unpaired) electrons. The van der Waals surface area contributed by atoms with E-state index in [9.17, 15) is 9.59 Å². The summed E-state index contributed by atoms with van der Waals surface area (Å²) in [5.74, 6) is 0.322. The average molecular weight is 603 g/mol. The summed E-state index contributed by atoms with van der Waals surface area (Å²) >= 11 is 0. The summed E-state index contributed by atoms with van der Waals surface area (Å²) in [5.41, 5.74) is 12.9. The highest BCUT2D eigenvalue weighted by Crippen LogP contribution is 2.34. The van der Waals surface area contributed by atoms with Gasteiger partial charge in [0.1, 0.15) is 11.6 Å². The van der Waals surface area contributed by atoms with Crippen LogP contribution in [0.4, 0.5) is 0 Å². The number of Topliss-reactive ketones (excluding diaryl/α,β-unsaturated/α-hetero) is 2. The largest absolute Gasteiger partial charge is 0.355 e. The molecule has 0 amide bonds. The maximum Gasteiger partial charge on any atom is 0.130 e. The number of carbonyl (C=O) groups is 2. The minimum Gasteiger partial charge on any atom is -0.355 e. The summed E-state index contributed by atoms with van der Waals surface area (Å²) in [4.78, 5) is 38.9. The van der Waals surface area contributed by atoms with Gasteiger partial charge in [0, 0.05) is 68.1 Å². The Balaban J connectivity index is 1.72. The molecule has 8 bridgehead atoms. The number of hydrogen-bond donors (Lipinski definition) is 4. The van der Waals surface area contributed by atoms with Crippen LogP contribution in [0.25, 0.3) is 30.4 Å². The number of ketones is 2. The van der Waals surface area contributed by atoms with Gasteiger partial charge in [0.25, 0.3) is 0 Å². The van der Waals surface area contributed by atoms with Crippen LogP contribution in [-0.2, 0) is 22.4 Å². The Kier molecular flexibility index (Phi) is 8.08. The fourth-order valence-electron chi connectivity index (χ4n) is 6.83. The van der Waals surface area contributed by atoms with Crippen molar-refractivity contribution in [1.82, 2.24) is 19.9 Å². The molecule has 4 aromatic rings. The molecule has 4 N–H and O–H groups in total. The fraction of sp³-hybridized carbons (Fsp3) is 0.351. The molecule has 0 aromatic carbocycles. The van der Waals surface area contributed by atoms with Crippen LogP contribution in [0.1, 0.15) is 106 Å². The van der Waals surface area contributed by atoms with Gasteiger partial charge < -0.3 is 29.5 Å². The van der Waals surface area contributed by atoms with E-state index in [1.807, 2.05) is 6.08 Å². The lowest BCUT2D eigenvalue weighted by atomic mass is 9.99. The van der Waals surface area contributed by atoms with E-state index in [4.69, 9.17) is 0 Å². The molecule has 6 heterocycles. The second-order valence-corrected chi connectivity index (χ2v) is 12.6. The highest BCUT2D eigenvalue weighted by molar-refractivity contribution is 5.77. The highest BCUT2D eigenvalue weighted by Gasteiger charge is 2.24. The lowest BCUT2D eigenvalue weighted by Gasteiger charge is -2.06. The van der Waals surface area contributed by atoms with Crippen LogP contribution in [0, 0.1) is 27.7 Å². The molecule has 0 fully saturated rings. The molecule has 0 saturated carbocycles. The summed E-state index contributed by atoms with van der Waals surface area (Å²) in [5, 5.41) is 12.9. The van der Waals surface area contributed by atoms with Gasteiger partial charge in [-0.15, -0.1) is 0 Å². The Hall–Kier alpha value is -4.72. The summed E-state index contributed by atoms with van der Waals surface area (Å²) in [7, 11) is 0. The lowest BCUT2D eigenvalue weighted by Crippen LogP contribution is -2.13. The topological polar surface area (TPSA) is 122 Å². The number of aromatic nitrogens is 4. The number of carbonyl (C=O) groups excluding carboxylic acids is 2. The first-order valence-electron chi connectivity index (χ1n) is 15.8. The highest BCUT2D eigenvalue weighted by atomic mass is 16.1. The van der Waals surface area contributed by atoms with Crippen molar-refractivity contribution in [2.24, 2.45) is 10.2 Å². The van der Waals surface area contributed by atoms with Gasteiger partial charge in [0.2, 0.25) is 0 Å². The zero-order valence-electron chi connectivity index (χ0n) is 27.1. The molecule has 232 valence electrons. The Labute approximate surface area is 262 Å². The van der Waals surface area contributed by atoms with E-state index in [0.717, 1.165) is 96.1 Å². The van der Waals surface area contributed by atoms with Crippen LogP contribution in [0.5, 0.6) is 0 Å². The predicted molar refractivity (Wildman–Crippen MR) is 180 cm³/mol. The lowest BCUT2D eigenvalue weighted by molar-refractivity contribution is -0.117. The first-order valence-corrected chi connectivity index (χ1v) is 15.8. The maximum absolute atomic E-state index is 12.1. The fourth-order valence-corrected chi connectivity index (χ4v) is 6.83. The second kappa shape index (κ2) is 12.0. The minimum absolute atomic E-state index is 0.00442. The Bertz CT molecular complexity index is 2140. The van der Waals surface area contributed by atoms with Crippen molar-refractivity contribution in [2.45, 2.75) is 79.7 Å². The Morgan fingerprint density at radius 3 is 1.98 bits per heavy atom. The Morgan fingerprint density at radius 1 is 0.733 bits per heavy atom. The smallest absolute Gasteiger partial charge is 0.130 e. The van der Waals surface area contributed by atoms with Crippen molar-refractivity contribution >= 4 is 41.9 Å². The number of H-pyrrole nitrogens is 4. The van der Waals surface area contributed by atoms with Gasteiger partial charge in [-0.05, 0) is 118 Å². The van der Waals surface area contributed by atoms with Crippen LogP contribution in [-0.4, -0.2) is 38.0 Å². The monoisotopic (exact) mass is 602 g/mol. The number of nitrogens with one attached hydrogen (secondary N) is 4. The molecule has 1 unspecified atom stereocenters. The molecule has 2 aliphatic rings. The van der Waals surface area contributed by atoms with Crippen LogP contribution in [0.3, 0.4) is 0 Å². The molecule has 8 heteroatoms. The first kappa shape index (κ1) is 30.3. The van der Waals surface area contributed by atoms with Gasteiger partial charge in [-0.25, -0.2) is 0 Å². The van der Waals surface area contributed by atoms with E-state index in [1.165, 1.54) is 5.56 Å². The molecule has 6 rings (SSSR count). The molecular formula is C37H42N6O2. The number of rotatable bonds is 8. The van der Waals surface area contributed by atoms with E-state index in [2.05, 4.69) is 88.7 Å². The number of azo groups is 1. The van der Waals surface area contributed by atoms with Crippen molar-refractivity contribution in [3.63, 3.8) is 0 Å². The van der Waals surface area contributed by atoms with Crippen LogP contribution in [0.15, 0.2) is 16.8 Å². The van der Waals surface area contributed by atoms with Gasteiger partial charge in [-0.3, -0.25) is 0 Å². The van der Waals surface area contributed by atoms with E-state index in [0.29, 0.717) is 25.7 Å². The van der Waals surface area contributed by atoms with Crippen molar-refractivity contribution < 1.29 is 9.59 Å². The van der Waals surface area contributed by atoms with E-state index in [1.54, 1.807) is 13.8 Å². The molecular weight excluding hydrogens is 560 g/mol. The van der Waals surface area contributed by atoms with E-state index in [-0.39, 0.29) is 17.6 Å². The normalized spacial score (nSPS) is 15.3. The molecule has 2 aliphatic heterocycles. The number of fused-ring (bicyclic) bond motifs is 8.